The minimum absolute atomic E-state index is 0.0254. The van der Waals surface area contributed by atoms with Crippen LogP contribution in [-0.2, 0) is 9.09 Å². The first-order valence-corrected chi connectivity index (χ1v) is 10.4. The lowest BCUT2D eigenvalue weighted by Crippen LogP contribution is -2.04. The van der Waals surface area contributed by atoms with Crippen LogP contribution in [0.5, 0.6) is 5.75 Å². The van der Waals surface area contributed by atoms with Crippen LogP contribution in [0.2, 0.25) is 0 Å². The maximum atomic E-state index is 12.9. The Morgan fingerprint density at radius 1 is 1.00 bits per heavy atom. The van der Waals surface area contributed by atoms with Gasteiger partial charge in [-0.2, -0.15) is 0 Å². The molecule has 1 rings (SSSR count). The molecule has 0 saturated heterocycles. The molecule has 0 aliphatic heterocycles. The SMILES string of the molecule is CCCCCCCOP(=O)(CCCC)Oc1ccc([N+](=O)[O-])cc1. The van der Waals surface area contributed by atoms with Gasteiger partial charge in [0.1, 0.15) is 5.75 Å². The first kappa shape index (κ1) is 20.7. The molecule has 0 saturated carbocycles. The molecule has 0 N–H and O–H groups in total. The smallest absolute Gasteiger partial charge is 0.379 e. The molecule has 136 valence electrons. The average Bonchev–Trinajstić information content (AvgIpc) is 2.57. The monoisotopic (exact) mass is 357 g/mol. The summed E-state index contributed by atoms with van der Waals surface area (Å²) in [6, 6.07) is 5.59. The van der Waals surface area contributed by atoms with Crippen molar-refractivity contribution in [1.82, 2.24) is 0 Å². The fourth-order valence-electron chi connectivity index (χ4n) is 2.19. The van der Waals surface area contributed by atoms with Crippen LogP contribution >= 0.6 is 7.60 Å². The van der Waals surface area contributed by atoms with Gasteiger partial charge in [0.15, 0.2) is 0 Å². The van der Waals surface area contributed by atoms with Crippen molar-refractivity contribution in [3.8, 4) is 5.75 Å². The summed E-state index contributed by atoms with van der Waals surface area (Å²) in [6.07, 6.45) is 7.45. The fourth-order valence-corrected chi connectivity index (χ4v) is 4.01. The van der Waals surface area contributed by atoms with Crippen molar-refractivity contribution in [2.75, 3.05) is 12.8 Å². The molecule has 0 fully saturated rings. The number of nitrogens with zero attached hydrogens (tertiary/aromatic N) is 1. The lowest BCUT2D eigenvalue weighted by atomic mass is 10.2. The van der Waals surface area contributed by atoms with Crippen LogP contribution in [0.3, 0.4) is 0 Å². The summed E-state index contributed by atoms with van der Waals surface area (Å²) in [5.74, 6) is 0.339. The molecular formula is C17H28NO5P. The van der Waals surface area contributed by atoms with E-state index in [-0.39, 0.29) is 5.69 Å². The summed E-state index contributed by atoms with van der Waals surface area (Å²) in [6.45, 7) is 4.59. The van der Waals surface area contributed by atoms with Gasteiger partial charge < -0.3 is 4.52 Å². The molecule has 0 amide bonds. The van der Waals surface area contributed by atoms with E-state index in [1.54, 1.807) is 0 Å². The molecule has 1 unspecified atom stereocenters. The molecule has 0 heterocycles. The predicted octanol–water partition coefficient (Wildman–Crippen LogP) is 5.95. The van der Waals surface area contributed by atoms with Crippen LogP contribution in [0.15, 0.2) is 24.3 Å². The molecule has 0 bridgehead atoms. The number of benzene rings is 1. The van der Waals surface area contributed by atoms with Crippen LogP contribution in [0.1, 0.15) is 58.8 Å². The van der Waals surface area contributed by atoms with E-state index >= 15 is 0 Å². The van der Waals surface area contributed by atoms with Gasteiger partial charge in [-0.15, -0.1) is 0 Å². The summed E-state index contributed by atoms with van der Waals surface area (Å²) < 4.78 is 24.0. The van der Waals surface area contributed by atoms with Crippen LogP contribution < -0.4 is 4.52 Å². The number of unbranched alkanes of at least 4 members (excludes halogenated alkanes) is 5. The van der Waals surface area contributed by atoms with E-state index in [1.165, 1.54) is 37.1 Å². The Morgan fingerprint density at radius 3 is 2.21 bits per heavy atom. The van der Waals surface area contributed by atoms with E-state index < -0.39 is 12.5 Å². The van der Waals surface area contributed by atoms with Crippen LogP contribution in [0, 0.1) is 10.1 Å². The Bertz CT molecular complexity index is 532. The Morgan fingerprint density at radius 2 is 1.62 bits per heavy atom. The van der Waals surface area contributed by atoms with E-state index in [9.17, 15) is 14.7 Å². The highest BCUT2D eigenvalue weighted by Crippen LogP contribution is 2.49. The van der Waals surface area contributed by atoms with E-state index in [2.05, 4.69) is 6.92 Å². The second-order valence-electron chi connectivity index (χ2n) is 5.78. The van der Waals surface area contributed by atoms with E-state index in [0.29, 0.717) is 18.5 Å². The third kappa shape index (κ3) is 7.93. The summed E-state index contributed by atoms with van der Waals surface area (Å²) in [7, 11) is -3.22. The largest absolute Gasteiger partial charge is 0.424 e. The second-order valence-corrected chi connectivity index (χ2v) is 7.89. The van der Waals surface area contributed by atoms with E-state index in [1.807, 2.05) is 6.92 Å². The lowest BCUT2D eigenvalue weighted by molar-refractivity contribution is -0.384. The topological polar surface area (TPSA) is 78.7 Å². The Balaban J connectivity index is 2.58. The quantitative estimate of drug-likeness (QED) is 0.188. The number of non-ortho nitro benzene ring substituents is 1. The number of hydrogen-bond donors (Lipinski definition) is 0. The maximum Gasteiger partial charge on any atom is 0.379 e. The zero-order valence-electron chi connectivity index (χ0n) is 14.6. The van der Waals surface area contributed by atoms with E-state index in [4.69, 9.17) is 9.05 Å². The average molecular weight is 357 g/mol. The first-order chi connectivity index (χ1) is 11.5. The van der Waals surface area contributed by atoms with Crippen molar-refractivity contribution >= 4 is 13.3 Å². The first-order valence-electron chi connectivity index (χ1n) is 8.68. The van der Waals surface area contributed by atoms with Gasteiger partial charge in [0, 0.05) is 12.1 Å². The van der Waals surface area contributed by atoms with Crippen molar-refractivity contribution in [3.63, 3.8) is 0 Å². The van der Waals surface area contributed by atoms with Gasteiger partial charge in [0.05, 0.1) is 17.7 Å². The van der Waals surface area contributed by atoms with Crippen LogP contribution in [0.25, 0.3) is 0 Å². The Kier molecular flexibility index (Phi) is 9.65. The molecule has 7 heteroatoms. The van der Waals surface area contributed by atoms with E-state index in [0.717, 1.165) is 32.1 Å². The Labute approximate surface area is 144 Å². The third-order valence-corrected chi connectivity index (χ3v) is 5.54. The molecule has 0 aliphatic rings. The highest BCUT2D eigenvalue weighted by atomic mass is 31.2. The van der Waals surface area contributed by atoms with Crippen molar-refractivity contribution < 1.29 is 18.5 Å². The fraction of sp³-hybridized carbons (Fsp3) is 0.647. The highest BCUT2D eigenvalue weighted by Gasteiger charge is 2.25. The molecule has 0 aromatic heterocycles. The van der Waals surface area contributed by atoms with Crippen molar-refractivity contribution in [3.05, 3.63) is 34.4 Å². The predicted molar refractivity (Wildman–Crippen MR) is 95.8 cm³/mol. The molecule has 24 heavy (non-hydrogen) atoms. The van der Waals surface area contributed by atoms with Crippen LogP contribution in [-0.4, -0.2) is 17.7 Å². The molecule has 1 atom stereocenters. The lowest BCUT2D eigenvalue weighted by Gasteiger charge is -2.19. The highest BCUT2D eigenvalue weighted by molar-refractivity contribution is 7.54. The maximum absolute atomic E-state index is 12.9. The molecule has 0 aliphatic carbocycles. The van der Waals surface area contributed by atoms with Gasteiger partial charge in [-0.3, -0.25) is 14.6 Å². The molecule has 1 aromatic rings. The summed E-state index contributed by atoms with van der Waals surface area (Å²) in [5.41, 5.74) is -0.0254. The minimum Gasteiger partial charge on any atom is -0.424 e. The normalized spacial score (nSPS) is 13.4. The molecular weight excluding hydrogens is 329 g/mol. The molecule has 0 spiro atoms. The second kappa shape index (κ2) is 11.2. The number of hydrogen-bond acceptors (Lipinski definition) is 5. The van der Waals surface area contributed by atoms with Crippen LogP contribution in [0.4, 0.5) is 5.69 Å². The summed E-state index contributed by atoms with van der Waals surface area (Å²) in [4.78, 5) is 10.2. The van der Waals surface area contributed by atoms with Crippen molar-refractivity contribution in [2.45, 2.75) is 58.8 Å². The van der Waals surface area contributed by atoms with Crippen molar-refractivity contribution in [1.29, 1.82) is 0 Å². The molecule has 6 nitrogen and oxygen atoms in total. The van der Waals surface area contributed by atoms with Gasteiger partial charge in [-0.05, 0) is 25.0 Å². The van der Waals surface area contributed by atoms with Gasteiger partial charge in [0.25, 0.3) is 5.69 Å². The van der Waals surface area contributed by atoms with Crippen molar-refractivity contribution in [2.24, 2.45) is 0 Å². The van der Waals surface area contributed by atoms with Gasteiger partial charge >= 0.3 is 7.60 Å². The van der Waals surface area contributed by atoms with Gasteiger partial charge in [-0.1, -0.05) is 46.0 Å². The Hall–Kier alpha value is -1.39. The van der Waals surface area contributed by atoms with Gasteiger partial charge in [0.2, 0.25) is 0 Å². The molecule has 0 radical (unpaired) electrons. The minimum atomic E-state index is -3.22. The standard InChI is InChI=1S/C17H28NO5P/c1-3-5-7-8-9-14-22-24(21,15-6-4-2)23-17-12-10-16(11-13-17)18(19)20/h10-13H,3-9,14-15H2,1-2H3. The molecule has 1 aromatic carbocycles. The number of nitro benzene ring substituents is 1. The zero-order chi connectivity index (χ0) is 17.8. The van der Waals surface area contributed by atoms with Gasteiger partial charge in [-0.25, -0.2) is 4.57 Å². The summed E-state index contributed by atoms with van der Waals surface area (Å²) >= 11 is 0. The third-order valence-electron chi connectivity index (χ3n) is 3.61. The number of rotatable bonds is 13. The number of nitro groups is 1. The summed E-state index contributed by atoms with van der Waals surface area (Å²) in [5, 5.41) is 10.7. The zero-order valence-corrected chi connectivity index (χ0v) is 15.5.